The van der Waals surface area contributed by atoms with Crippen LogP contribution in [0.15, 0.2) is 18.2 Å². The Morgan fingerprint density at radius 1 is 1.29 bits per heavy atom. The van der Waals surface area contributed by atoms with Crippen LogP contribution in [0.3, 0.4) is 0 Å². The number of carboxylic acid groups (broad SMARTS) is 1. The Hall–Kier alpha value is -1.63. The Kier molecular flexibility index (Phi) is 3.61. The van der Waals surface area contributed by atoms with Gasteiger partial charge < -0.3 is 10.0 Å². The summed E-state index contributed by atoms with van der Waals surface area (Å²) >= 11 is 1.40. The van der Waals surface area contributed by atoms with Gasteiger partial charge in [-0.3, -0.25) is 4.79 Å². The number of carboxylic acids is 1. The molecule has 2 aliphatic rings. The van der Waals surface area contributed by atoms with Crippen LogP contribution in [0.2, 0.25) is 0 Å². The predicted molar refractivity (Wildman–Crippen MR) is 72.9 cm³/mol. The summed E-state index contributed by atoms with van der Waals surface area (Å²) in [5.41, 5.74) is -0.408. The molecule has 1 aliphatic heterocycles. The Morgan fingerprint density at radius 2 is 2.00 bits per heavy atom. The minimum atomic E-state index is -1.22. The van der Waals surface area contributed by atoms with Crippen LogP contribution in [0.25, 0.3) is 0 Å². The van der Waals surface area contributed by atoms with Crippen molar-refractivity contribution in [1.82, 2.24) is 4.90 Å². The van der Waals surface area contributed by atoms with E-state index < -0.39 is 35.1 Å². The Labute approximate surface area is 124 Å². The summed E-state index contributed by atoms with van der Waals surface area (Å²) in [6.07, 6.45) is 1.86. The molecule has 7 heteroatoms. The van der Waals surface area contributed by atoms with Crippen LogP contribution in [-0.2, 0) is 4.79 Å². The zero-order chi connectivity index (χ0) is 15.1. The molecule has 21 heavy (non-hydrogen) atoms. The van der Waals surface area contributed by atoms with Gasteiger partial charge in [-0.15, -0.1) is 11.8 Å². The van der Waals surface area contributed by atoms with E-state index >= 15 is 0 Å². The number of carbonyl (C=O) groups excluding carboxylic acids is 1. The lowest BCUT2D eigenvalue weighted by Gasteiger charge is -2.27. The maximum absolute atomic E-state index is 13.8. The van der Waals surface area contributed by atoms with Crippen molar-refractivity contribution in [3.8, 4) is 0 Å². The van der Waals surface area contributed by atoms with Crippen LogP contribution in [0.4, 0.5) is 8.78 Å². The first-order chi connectivity index (χ1) is 10.0. The van der Waals surface area contributed by atoms with Crippen molar-refractivity contribution in [1.29, 1.82) is 0 Å². The largest absolute Gasteiger partial charge is 0.480 e. The molecule has 0 radical (unpaired) electrons. The molecule has 112 valence electrons. The number of benzene rings is 1. The van der Waals surface area contributed by atoms with Crippen molar-refractivity contribution in [2.24, 2.45) is 5.92 Å². The molecule has 1 aromatic carbocycles. The number of thioether (sulfide) groups is 1. The normalized spacial score (nSPS) is 25.1. The van der Waals surface area contributed by atoms with E-state index in [-0.39, 0.29) is 17.0 Å². The van der Waals surface area contributed by atoms with Crippen molar-refractivity contribution in [2.45, 2.75) is 24.3 Å². The van der Waals surface area contributed by atoms with Crippen LogP contribution < -0.4 is 0 Å². The second-order valence-corrected chi connectivity index (χ2v) is 6.38. The Bertz CT molecular complexity index is 606. The molecular weight excluding hydrogens is 300 g/mol. The zero-order valence-electron chi connectivity index (χ0n) is 11.0. The van der Waals surface area contributed by atoms with Crippen LogP contribution in [0.1, 0.15) is 23.2 Å². The van der Waals surface area contributed by atoms with E-state index in [9.17, 15) is 23.5 Å². The summed E-state index contributed by atoms with van der Waals surface area (Å²) in [5, 5.41) is 8.99. The highest BCUT2D eigenvalue weighted by molar-refractivity contribution is 8.00. The molecule has 2 atom stereocenters. The number of hydrogen-bond acceptors (Lipinski definition) is 3. The zero-order valence-corrected chi connectivity index (χ0v) is 11.8. The summed E-state index contributed by atoms with van der Waals surface area (Å²) < 4.78 is 27.1. The van der Waals surface area contributed by atoms with E-state index in [0.717, 1.165) is 18.9 Å². The third kappa shape index (κ3) is 2.50. The lowest BCUT2D eigenvalue weighted by Crippen LogP contribution is -2.46. The van der Waals surface area contributed by atoms with Crippen LogP contribution in [0, 0.1) is 17.6 Å². The monoisotopic (exact) mass is 313 g/mol. The molecule has 0 aromatic heterocycles. The first-order valence-corrected chi connectivity index (χ1v) is 7.66. The fraction of sp³-hybridized carbons (Fsp3) is 0.429. The van der Waals surface area contributed by atoms with Gasteiger partial charge >= 0.3 is 5.97 Å². The van der Waals surface area contributed by atoms with Gasteiger partial charge in [0.25, 0.3) is 5.91 Å². The molecule has 1 heterocycles. The molecule has 2 fully saturated rings. The van der Waals surface area contributed by atoms with Gasteiger partial charge in [0, 0.05) is 5.75 Å². The first-order valence-electron chi connectivity index (χ1n) is 6.61. The molecule has 1 saturated heterocycles. The lowest BCUT2D eigenvalue weighted by atomic mass is 10.1. The van der Waals surface area contributed by atoms with Gasteiger partial charge in [-0.1, -0.05) is 6.07 Å². The summed E-state index contributed by atoms with van der Waals surface area (Å²) in [6, 6.07) is 2.37. The number of rotatable bonds is 3. The topological polar surface area (TPSA) is 57.6 Å². The van der Waals surface area contributed by atoms with Gasteiger partial charge in [0.1, 0.15) is 6.04 Å². The number of carbonyl (C=O) groups is 2. The van der Waals surface area contributed by atoms with E-state index in [2.05, 4.69) is 0 Å². The fourth-order valence-electron chi connectivity index (χ4n) is 2.53. The molecule has 1 saturated carbocycles. The van der Waals surface area contributed by atoms with Crippen molar-refractivity contribution >= 4 is 23.6 Å². The molecule has 4 nitrogen and oxygen atoms in total. The summed E-state index contributed by atoms with van der Waals surface area (Å²) in [6.45, 7) is 0. The van der Waals surface area contributed by atoms with E-state index in [4.69, 9.17) is 0 Å². The lowest BCUT2D eigenvalue weighted by molar-refractivity contribution is -0.141. The minimum absolute atomic E-state index is 0.250. The third-order valence-corrected chi connectivity index (χ3v) is 5.22. The maximum Gasteiger partial charge on any atom is 0.327 e. The maximum atomic E-state index is 13.8. The van der Waals surface area contributed by atoms with E-state index in [0.29, 0.717) is 0 Å². The number of halogens is 2. The van der Waals surface area contributed by atoms with Gasteiger partial charge in [-0.05, 0) is 30.9 Å². The summed E-state index contributed by atoms with van der Waals surface area (Å²) in [4.78, 5) is 25.0. The second-order valence-electron chi connectivity index (χ2n) is 5.23. The number of aliphatic carboxylic acids is 1. The molecule has 3 rings (SSSR count). The van der Waals surface area contributed by atoms with Crippen LogP contribution in [0.5, 0.6) is 0 Å². The number of hydrogen-bond donors (Lipinski definition) is 1. The Morgan fingerprint density at radius 3 is 2.62 bits per heavy atom. The quantitative estimate of drug-likeness (QED) is 0.930. The van der Waals surface area contributed by atoms with Gasteiger partial charge in [-0.25, -0.2) is 13.6 Å². The average Bonchev–Trinajstić information content (AvgIpc) is 3.19. The molecule has 1 amide bonds. The highest BCUT2D eigenvalue weighted by Crippen LogP contribution is 2.46. The van der Waals surface area contributed by atoms with Gasteiger partial charge in [-0.2, -0.15) is 0 Å². The minimum Gasteiger partial charge on any atom is -0.480 e. The van der Waals surface area contributed by atoms with Gasteiger partial charge in [0.15, 0.2) is 11.6 Å². The van der Waals surface area contributed by atoms with Gasteiger partial charge in [0.05, 0.1) is 10.9 Å². The molecular formula is C14H13F2NO3S. The first kappa shape index (κ1) is 14.3. The predicted octanol–water partition coefficient (Wildman–Crippen LogP) is 2.34. The summed E-state index contributed by atoms with van der Waals surface area (Å²) in [7, 11) is 0. The smallest absolute Gasteiger partial charge is 0.327 e. The Balaban J connectivity index is 1.96. The van der Waals surface area contributed by atoms with Crippen LogP contribution in [-0.4, -0.2) is 39.1 Å². The number of amides is 1. The average molecular weight is 313 g/mol. The standard InChI is InChI=1S/C14H13F2NO3S/c15-9-3-1-2-8(11(9)16)12(18)17-10(14(19)20)6-21-13(17)7-4-5-7/h1-3,7,10,13H,4-6H2,(H,19,20). The molecule has 1 N–H and O–H groups in total. The molecule has 2 unspecified atom stereocenters. The summed E-state index contributed by atoms with van der Waals surface area (Å²) in [5.74, 6) is -3.67. The molecule has 1 aliphatic carbocycles. The molecule has 0 spiro atoms. The van der Waals surface area contributed by atoms with Crippen LogP contribution >= 0.6 is 11.8 Å². The van der Waals surface area contributed by atoms with Crippen molar-refractivity contribution in [2.75, 3.05) is 5.75 Å². The SMILES string of the molecule is O=C(O)C1CSC(C2CC2)N1C(=O)c1cccc(F)c1F. The molecule has 0 bridgehead atoms. The third-order valence-electron chi connectivity index (χ3n) is 3.76. The van der Waals surface area contributed by atoms with E-state index in [1.54, 1.807) is 0 Å². The highest BCUT2D eigenvalue weighted by Gasteiger charge is 2.48. The van der Waals surface area contributed by atoms with E-state index in [1.807, 2.05) is 0 Å². The second kappa shape index (κ2) is 5.29. The van der Waals surface area contributed by atoms with Gasteiger partial charge in [0.2, 0.25) is 0 Å². The van der Waals surface area contributed by atoms with Crippen molar-refractivity contribution in [3.63, 3.8) is 0 Å². The highest BCUT2D eigenvalue weighted by atomic mass is 32.2. The van der Waals surface area contributed by atoms with Crippen molar-refractivity contribution in [3.05, 3.63) is 35.4 Å². The number of nitrogens with zero attached hydrogens (tertiary/aromatic N) is 1. The fourth-order valence-corrected chi connectivity index (χ4v) is 4.16. The molecule has 1 aromatic rings. The van der Waals surface area contributed by atoms with Crippen molar-refractivity contribution < 1.29 is 23.5 Å². The van der Waals surface area contributed by atoms with E-state index in [1.165, 1.54) is 28.8 Å².